The summed E-state index contributed by atoms with van der Waals surface area (Å²) < 4.78 is 0. The summed E-state index contributed by atoms with van der Waals surface area (Å²) in [5, 5.41) is 15.2. The summed E-state index contributed by atoms with van der Waals surface area (Å²) in [6.45, 7) is 5.67. The zero-order valence-corrected chi connectivity index (χ0v) is 14.1. The second kappa shape index (κ2) is 7.75. The Kier molecular flexibility index (Phi) is 5.71. The van der Waals surface area contributed by atoms with Crippen LogP contribution in [0.15, 0.2) is 42.5 Å². The number of aliphatic hydroxyl groups is 1. The van der Waals surface area contributed by atoms with E-state index in [9.17, 15) is 14.7 Å². The highest BCUT2D eigenvalue weighted by Gasteiger charge is 2.17. The highest BCUT2D eigenvalue weighted by atomic mass is 16.3. The molecule has 0 fully saturated rings. The van der Waals surface area contributed by atoms with Gasteiger partial charge in [-0.15, -0.1) is 0 Å². The van der Waals surface area contributed by atoms with E-state index >= 15 is 0 Å². The molecule has 5 heteroatoms. The van der Waals surface area contributed by atoms with Crippen molar-refractivity contribution in [1.82, 2.24) is 5.32 Å². The number of hydrogen-bond donors (Lipinski definition) is 3. The maximum Gasteiger partial charge on any atom is 0.313 e. The van der Waals surface area contributed by atoms with Crippen molar-refractivity contribution in [3.05, 3.63) is 64.7 Å². The predicted molar refractivity (Wildman–Crippen MR) is 93.7 cm³/mol. The first-order valence-electron chi connectivity index (χ1n) is 7.79. The number of benzene rings is 2. The van der Waals surface area contributed by atoms with Crippen molar-refractivity contribution in [3.63, 3.8) is 0 Å². The Bertz CT molecular complexity index is 756. The Morgan fingerprint density at radius 2 is 1.62 bits per heavy atom. The van der Waals surface area contributed by atoms with E-state index in [4.69, 9.17) is 0 Å². The molecular formula is C19H22N2O3. The maximum absolute atomic E-state index is 12.0. The lowest BCUT2D eigenvalue weighted by molar-refractivity contribution is -0.136. The first-order valence-corrected chi connectivity index (χ1v) is 7.79. The van der Waals surface area contributed by atoms with E-state index in [1.807, 2.05) is 51.1 Å². The fourth-order valence-corrected chi connectivity index (χ4v) is 2.41. The molecular weight excluding hydrogens is 304 g/mol. The van der Waals surface area contributed by atoms with Crippen LogP contribution in [0.5, 0.6) is 0 Å². The lowest BCUT2D eigenvalue weighted by Crippen LogP contribution is -2.37. The monoisotopic (exact) mass is 326 g/mol. The maximum atomic E-state index is 12.0. The van der Waals surface area contributed by atoms with Crippen LogP contribution >= 0.6 is 0 Å². The Labute approximate surface area is 141 Å². The third kappa shape index (κ3) is 4.20. The highest BCUT2D eigenvalue weighted by molar-refractivity contribution is 6.39. The van der Waals surface area contributed by atoms with Crippen molar-refractivity contribution in [2.45, 2.75) is 26.9 Å². The number of rotatable bonds is 4. The van der Waals surface area contributed by atoms with Crippen molar-refractivity contribution in [1.29, 1.82) is 0 Å². The molecule has 0 aliphatic rings. The van der Waals surface area contributed by atoms with E-state index in [1.54, 1.807) is 12.1 Å². The second-order valence-corrected chi connectivity index (χ2v) is 5.78. The van der Waals surface area contributed by atoms with E-state index in [1.165, 1.54) is 0 Å². The van der Waals surface area contributed by atoms with Crippen LogP contribution in [0, 0.1) is 20.8 Å². The average Bonchev–Trinajstić information content (AvgIpc) is 2.56. The van der Waals surface area contributed by atoms with Gasteiger partial charge in [0, 0.05) is 12.2 Å². The molecule has 24 heavy (non-hydrogen) atoms. The minimum absolute atomic E-state index is 0.0239. The number of hydrogen-bond acceptors (Lipinski definition) is 3. The summed E-state index contributed by atoms with van der Waals surface area (Å²) in [6, 6.07) is 12.9. The molecule has 2 amide bonds. The first-order chi connectivity index (χ1) is 11.4. The number of anilines is 1. The van der Waals surface area contributed by atoms with Crippen LogP contribution in [0.25, 0.3) is 0 Å². The minimum atomic E-state index is -0.858. The third-order valence-electron chi connectivity index (χ3n) is 4.06. The van der Waals surface area contributed by atoms with Crippen LogP contribution < -0.4 is 10.6 Å². The Hall–Kier alpha value is -2.66. The molecule has 0 saturated heterocycles. The minimum Gasteiger partial charge on any atom is -0.387 e. The fraction of sp³-hybridized carbons (Fsp3) is 0.263. The fourth-order valence-electron chi connectivity index (χ4n) is 2.41. The summed E-state index contributed by atoms with van der Waals surface area (Å²) >= 11 is 0. The van der Waals surface area contributed by atoms with E-state index < -0.39 is 17.9 Å². The zero-order chi connectivity index (χ0) is 17.7. The Morgan fingerprint density at radius 1 is 0.958 bits per heavy atom. The number of nitrogens with one attached hydrogen (secondary N) is 2. The van der Waals surface area contributed by atoms with Crippen molar-refractivity contribution < 1.29 is 14.7 Å². The molecule has 1 unspecified atom stereocenters. The molecule has 1 atom stereocenters. The van der Waals surface area contributed by atoms with E-state index in [0.29, 0.717) is 5.69 Å². The largest absolute Gasteiger partial charge is 0.387 e. The number of aryl methyl sites for hydroxylation is 2. The van der Waals surface area contributed by atoms with Crippen molar-refractivity contribution in [3.8, 4) is 0 Å². The van der Waals surface area contributed by atoms with Gasteiger partial charge in [0.1, 0.15) is 0 Å². The van der Waals surface area contributed by atoms with Gasteiger partial charge < -0.3 is 15.7 Å². The Balaban J connectivity index is 1.94. The summed E-state index contributed by atoms with van der Waals surface area (Å²) in [5.74, 6) is -1.52. The van der Waals surface area contributed by atoms with Gasteiger partial charge in [0.05, 0.1) is 6.10 Å². The van der Waals surface area contributed by atoms with Gasteiger partial charge in [-0.3, -0.25) is 9.59 Å². The predicted octanol–water partition coefficient (Wildman–Crippen LogP) is 2.40. The molecule has 0 bridgehead atoms. The topological polar surface area (TPSA) is 78.4 Å². The van der Waals surface area contributed by atoms with Crippen LogP contribution in [0.1, 0.15) is 28.4 Å². The molecule has 0 heterocycles. The van der Waals surface area contributed by atoms with Crippen LogP contribution in [0.2, 0.25) is 0 Å². The molecule has 0 radical (unpaired) electrons. The van der Waals surface area contributed by atoms with Gasteiger partial charge in [-0.1, -0.05) is 36.4 Å². The van der Waals surface area contributed by atoms with Gasteiger partial charge in [-0.05, 0) is 49.1 Å². The molecule has 3 N–H and O–H groups in total. The van der Waals surface area contributed by atoms with Crippen molar-refractivity contribution in [2.24, 2.45) is 0 Å². The third-order valence-corrected chi connectivity index (χ3v) is 4.06. The van der Waals surface area contributed by atoms with E-state index in [-0.39, 0.29) is 6.54 Å². The van der Waals surface area contributed by atoms with Gasteiger partial charge in [0.25, 0.3) is 0 Å². The van der Waals surface area contributed by atoms with Gasteiger partial charge in [0.15, 0.2) is 0 Å². The number of carbonyl (C=O) groups is 2. The van der Waals surface area contributed by atoms with Crippen LogP contribution in [0.4, 0.5) is 5.69 Å². The normalized spacial score (nSPS) is 11.7. The SMILES string of the molecule is Cc1ccccc1C(O)CNC(=O)C(=O)Nc1cccc(C)c1C. The number of aliphatic hydroxyl groups excluding tert-OH is 1. The van der Waals surface area contributed by atoms with E-state index in [0.717, 1.165) is 22.3 Å². The quantitative estimate of drug-likeness (QED) is 0.755. The molecule has 126 valence electrons. The lowest BCUT2D eigenvalue weighted by atomic mass is 10.0. The van der Waals surface area contributed by atoms with Crippen molar-refractivity contribution >= 4 is 17.5 Å². The molecule has 0 aliphatic carbocycles. The molecule has 5 nitrogen and oxygen atoms in total. The smallest absolute Gasteiger partial charge is 0.313 e. The summed E-state index contributed by atoms with van der Waals surface area (Å²) in [4.78, 5) is 23.9. The van der Waals surface area contributed by atoms with Gasteiger partial charge in [-0.25, -0.2) is 0 Å². The zero-order valence-electron chi connectivity index (χ0n) is 14.1. The molecule has 0 aliphatic heterocycles. The Morgan fingerprint density at radius 3 is 2.33 bits per heavy atom. The number of amides is 2. The highest BCUT2D eigenvalue weighted by Crippen LogP contribution is 2.18. The summed E-state index contributed by atoms with van der Waals surface area (Å²) in [5.41, 5.74) is 4.21. The standard InChI is InChI=1S/C19H22N2O3/c1-12-8-6-10-16(14(12)3)21-19(24)18(23)20-11-17(22)15-9-5-4-7-13(15)2/h4-10,17,22H,11H2,1-3H3,(H,20,23)(H,21,24). The molecule has 0 saturated carbocycles. The lowest BCUT2D eigenvalue weighted by Gasteiger charge is -2.15. The second-order valence-electron chi connectivity index (χ2n) is 5.78. The van der Waals surface area contributed by atoms with Gasteiger partial charge >= 0.3 is 11.8 Å². The number of carbonyl (C=O) groups excluding carboxylic acids is 2. The molecule has 2 aromatic carbocycles. The summed E-state index contributed by atoms with van der Waals surface area (Å²) in [7, 11) is 0. The average molecular weight is 326 g/mol. The molecule has 2 rings (SSSR count). The van der Waals surface area contributed by atoms with E-state index in [2.05, 4.69) is 10.6 Å². The molecule has 2 aromatic rings. The van der Waals surface area contributed by atoms with Gasteiger partial charge in [-0.2, -0.15) is 0 Å². The van der Waals surface area contributed by atoms with Crippen LogP contribution in [-0.2, 0) is 9.59 Å². The van der Waals surface area contributed by atoms with Crippen LogP contribution in [0.3, 0.4) is 0 Å². The van der Waals surface area contributed by atoms with Gasteiger partial charge in [0.2, 0.25) is 0 Å². The first kappa shape index (κ1) is 17.7. The van der Waals surface area contributed by atoms with Crippen LogP contribution in [-0.4, -0.2) is 23.5 Å². The molecule has 0 spiro atoms. The summed E-state index contributed by atoms with van der Waals surface area (Å²) in [6.07, 6.45) is -0.858. The molecule has 0 aromatic heterocycles. The van der Waals surface area contributed by atoms with Crippen molar-refractivity contribution in [2.75, 3.05) is 11.9 Å².